The summed E-state index contributed by atoms with van der Waals surface area (Å²) in [4.78, 5) is 4.83. The topological polar surface area (TPSA) is 62.3 Å². The van der Waals surface area contributed by atoms with Gasteiger partial charge in [0.05, 0.1) is 10.8 Å². The predicted molar refractivity (Wildman–Crippen MR) is 106 cm³/mol. The number of nitrogens with one attached hydrogen (secondary N) is 1. The average Bonchev–Trinajstić information content (AvgIpc) is 2.71. The van der Waals surface area contributed by atoms with Crippen LogP contribution in [-0.2, 0) is 22.7 Å². The molecule has 0 aliphatic carbocycles. The van der Waals surface area contributed by atoms with E-state index in [1.807, 2.05) is 0 Å². The summed E-state index contributed by atoms with van der Waals surface area (Å²) < 4.78 is 106. The van der Waals surface area contributed by atoms with Crippen LogP contribution < -0.4 is 9.62 Å². The lowest BCUT2D eigenvalue weighted by atomic mass is 9.96. The minimum atomic E-state index is -4.76. The van der Waals surface area contributed by atoms with E-state index >= 15 is 0 Å². The fraction of sp³-hybridized carbons (Fsp3) is 0.421. The van der Waals surface area contributed by atoms with Crippen molar-refractivity contribution >= 4 is 27.4 Å². The molecule has 32 heavy (non-hydrogen) atoms. The first kappa shape index (κ1) is 24.6. The summed E-state index contributed by atoms with van der Waals surface area (Å²) >= 11 is 5.74. The third-order valence-electron chi connectivity index (χ3n) is 5.08. The Bertz CT molecular complexity index is 1050. The van der Waals surface area contributed by atoms with E-state index < -0.39 is 40.5 Å². The maximum absolute atomic E-state index is 13.2. The first-order valence-electron chi connectivity index (χ1n) is 9.41. The molecule has 0 bridgehead atoms. The molecule has 2 aromatic rings. The molecule has 3 rings (SSSR count). The zero-order valence-electron chi connectivity index (χ0n) is 16.3. The van der Waals surface area contributed by atoms with Crippen molar-refractivity contribution in [3.05, 3.63) is 52.7 Å². The van der Waals surface area contributed by atoms with Crippen LogP contribution in [0.3, 0.4) is 0 Å². The summed E-state index contributed by atoms with van der Waals surface area (Å²) in [6.45, 7) is -0.713. The Morgan fingerprint density at radius 3 is 2.12 bits per heavy atom. The summed E-state index contributed by atoms with van der Waals surface area (Å²) in [5, 5.41) is 0.320. The van der Waals surface area contributed by atoms with Gasteiger partial charge < -0.3 is 4.90 Å². The van der Waals surface area contributed by atoms with E-state index in [1.54, 1.807) is 0 Å². The normalized spacial score (nSPS) is 16.4. The van der Waals surface area contributed by atoms with E-state index in [9.17, 15) is 34.8 Å². The highest BCUT2D eigenvalue weighted by Gasteiger charge is 2.42. The fourth-order valence-electron chi connectivity index (χ4n) is 3.34. The van der Waals surface area contributed by atoms with Crippen LogP contribution in [0, 0.1) is 5.92 Å². The zero-order chi connectivity index (χ0) is 23.7. The van der Waals surface area contributed by atoms with Gasteiger partial charge in [-0.2, -0.15) is 26.3 Å². The Hall–Kier alpha value is -2.05. The average molecular weight is 502 g/mol. The Balaban J connectivity index is 1.85. The Kier molecular flexibility index (Phi) is 6.97. The molecule has 0 amide bonds. The highest BCUT2D eigenvalue weighted by Crippen LogP contribution is 2.37. The van der Waals surface area contributed by atoms with E-state index in [-0.39, 0.29) is 42.2 Å². The largest absolute Gasteiger partial charge is 0.433 e. The molecule has 0 spiro atoms. The van der Waals surface area contributed by atoms with Gasteiger partial charge in [0, 0.05) is 30.2 Å². The number of sulfonamides is 1. The zero-order valence-corrected chi connectivity index (χ0v) is 17.9. The van der Waals surface area contributed by atoms with E-state index in [4.69, 9.17) is 11.6 Å². The number of nitrogens with zero attached hydrogens (tertiary/aromatic N) is 2. The lowest BCUT2D eigenvalue weighted by molar-refractivity contribution is -0.179. The second-order valence-electron chi connectivity index (χ2n) is 7.26. The molecule has 1 aliphatic heterocycles. The molecule has 1 saturated heterocycles. The summed E-state index contributed by atoms with van der Waals surface area (Å²) in [5.41, 5.74) is -1.10. The van der Waals surface area contributed by atoms with Gasteiger partial charge in [-0.3, -0.25) is 0 Å². The van der Waals surface area contributed by atoms with Crippen LogP contribution in [0.2, 0.25) is 5.02 Å². The van der Waals surface area contributed by atoms with Crippen molar-refractivity contribution in [2.45, 2.75) is 36.6 Å². The van der Waals surface area contributed by atoms with Gasteiger partial charge in [-0.25, -0.2) is 18.1 Å². The van der Waals surface area contributed by atoms with Crippen LogP contribution in [0.4, 0.5) is 32.2 Å². The van der Waals surface area contributed by atoms with Gasteiger partial charge in [0.1, 0.15) is 11.5 Å². The number of aromatic nitrogens is 1. The molecule has 1 aliphatic rings. The maximum Gasteiger partial charge on any atom is 0.433 e. The lowest BCUT2D eigenvalue weighted by Crippen LogP contribution is -2.40. The molecule has 2 heterocycles. The molecule has 1 aromatic heterocycles. The van der Waals surface area contributed by atoms with Crippen LogP contribution in [0.5, 0.6) is 0 Å². The molecule has 0 radical (unpaired) electrons. The number of hydrogen-bond donors (Lipinski definition) is 1. The Morgan fingerprint density at radius 1 is 1.00 bits per heavy atom. The molecule has 5 nitrogen and oxygen atoms in total. The molecule has 176 valence electrons. The molecule has 0 saturated carbocycles. The van der Waals surface area contributed by atoms with Crippen molar-refractivity contribution in [1.82, 2.24) is 9.71 Å². The van der Waals surface area contributed by atoms with Gasteiger partial charge in [0.25, 0.3) is 0 Å². The molecule has 0 atom stereocenters. The highest BCUT2D eigenvalue weighted by atomic mass is 35.5. The molecule has 1 N–H and O–H groups in total. The van der Waals surface area contributed by atoms with Crippen molar-refractivity contribution in [3.63, 3.8) is 0 Å². The van der Waals surface area contributed by atoms with E-state index in [1.165, 1.54) is 29.2 Å². The quantitative estimate of drug-likeness (QED) is 0.585. The number of rotatable bonds is 5. The number of piperidine rings is 1. The number of benzene rings is 1. The van der Waals surface area contributed by atoms with Crippen molar-refractivity contribution in [1.29, 1.82) is 0 Å². The Morgan fingerprint density at radius 2 is 1.59 bits per heavy atom. The molecule has 1 fully saturated rings. The van der Waals surface area contributed by atoms with Gasteiger partial charge in [-0.05, 0) is 43.2 Å². The van der Waals surface area contributed by atoms with Crippen LogP contribution >= 0.6 is 11.6 Å². The molecular weight excluding hydrogens is 484 g/mol. The van der Waals surface area contributed by atoms with Crippen molar-refractivity contribution < 1.29 is 34.8 Å². The summed E-state index contributed by atoms with van der Waals surface area (Å²) in [5.74, 6) is -1.74. The number of alkyl halides is 6. The van der Waals surface area contributed by atoms with Gasteiger partial charge in [-0.15, -0.1) is 0 Å². The third-order valence-corrected chi connectivity index (χ3v) is 6.75. The standard InChI is InChI=1S/C19H18ClF6N3O2S/c20-14-2-4-15(5-3-14)32(30,31)27-11-12-1-6-16(19(24,25)26)28-17(12)29-9-7-13(8-10-29)18(21,22)23/h1-6,13,27H,7-11H2. The van der Waals surface area contributed by atoms with Gasteiger partial charge in [0.15, 0.2) is 0 Å². The van der Waals surface area contributed by atoms with Gasteiger partial charge in [-0.1, -0.05) is 17.7 Å². The van der Waals surface area contributed by atoms with E-state index in [0.29, 0.717) is 11.1 Å². The molecule has 13 heteroatoms. The Labute approximate surface area is 185 Å². The first-order valence-corrected chi connectivity index (χ1v) is 11.3. The second kappa shape index (κ2) is 9.06. The SMILES string of the molecule is O=S(=O)(NCc1ccc(C(F)(F)F)nc1N1CCC(C(F)(F)F)CC1)c1ccc(Cl)cc1. The van der Waals surface area contributed by atoms with E-state index in [0.717, 1.165) is 6.07 Å². The summed E-state index contributed by atoms with van der Waals surface area (Å²) in [6.07, 6.45) is -9.74. The van der Waals surface area contributed by atoms with Crippen LogP contribution in [-0.4, -0.2) is 32.7 Å². The smallest absolute Gasteiger partial charge is 0.356 e. The molecular formula is C19H18ClF6N3O2S. The number of anilines is 1. The third kappa shape index (κ3) is 5.84. The van der Waals surface area contributed by atoms with Crippen LogP contribution in [0.25, 0.3) is 0 Å². The fourth-order valence-corrected chi connectivity index (χ4v) is 4.47. The van der Waals surface area contributed by atoms with Crippen molar-refractivity contribution in [2.75, 3.05) is 18.0 Å². The maximum atomic E-state index is 13.2. The van der Waals surface area contributed by atoms with E-state index in [2.05, 4.69) is 9.71 Å². The summed E-state index contributed by atoms with van der Waals surface area (Å²) in [6, 6.07) is 7.04. The monoisotopic (exact) mass is 501 g/mol. The summed E-state index contributed by atoms with van der Waals surface area (Å²) in [7, 11) is -4.02. The highest BCUT2D eigenvalue weighted by molar-refractivity contribution is 7.89. The number of halogens is 7. The van der Waals surface area contributed by atoms with Crippen LogP contribution in [0.1, 0.15) is 24.1 Å². The second-order valence-corrected chi connectivity index (χ2v) is 9.46. The minimum absolute atomic E-state index is 0.102. The van der Waals surface area contributed by atoms with Crippen molar-refractivity contribution in [2.24, 2.45) is 5.92 Å². The lowest BCUT2D eigenvalue weighted by Gasteiger charge is -2.34. The number of pyridine rings is 1. The first-order chi connectivity index (χ1) is 14.8. The van der Waals surface area contributed by atoms with Gasteiger partial charge in [0.2, 0.25) is 10.0 Å². The minimum Gasteiger partial charge on any atom is -0.356 e. The predicted octanol–water partition coefficient (Wildman–Crippen LogP) is 5.01. The van der Waals surface area contributed by atoms with Crippen molar-refractivity contribution in [3.8, 4) is 0 Å². The molecule has 1 aromatic carbocycles. The van der Waals surface area contributed by atoms with Crippen LogP contribution in [0.15, 0.2) is 41.3 Å². The number of hydrogen-bond acceptors (Lipinski definition) is 4. The molecule has 0 unspecified atom stereocenters. The van der Waals surface area contributed by atoms with Gasteiger partial charge >= 0.3 is 12.4 Å².